The average Bonchev–Trinajstić information content (AvgIpc) is 2.71. The number of hydrogen-bond donors (Lipinski definition) is 1. The minimum atomic E-state index is -0.234. The van der Waals surface area contributed by atoms with Gasteiger partial charge in [-0.1, -0.05) is 0 Å². The molecule has 0 aliphatic carbocycles. The van der Waals surface area contributed by atoms with Gasteiger partial charge in [-0.3, -0.25) is 4.79 Å². The summed E-state index contributed by atoms with van der Waals surface area (Å²) in [4.78, 5) is 34.6. The molecule has 0 spiro atoms. The monoisotopic (exact) mass is 327 g/mol. The lowest BCUT2D eigenvalue weighted by atomic mass is 10.4. The Morgan fingerprint density at radius 1 is 1.14 bits per heavy atom. The summed E-state index contributed by atoms with van der Waals surface area (Å²) in [7, 11) is 7.21. The van der Waals surface area contributed by atoms with Gasteiger partial charge in [-0.25, -0.2) is 9.78 Å². The second kappa shape index (κ2) is 8.09. The normalized spacial score (nSPS) is 10.7. The van der Waals surface area contributed by atoms with Gasteiger partial charge in [0.1, 0.15) is 6.54 Å². The molecule has 0 radical (unpaired) electrons. The zero-order valence-electron chi connectivity index (χ0n) is 14.1. The Bertz CT molecular complexity index is 508. The van der Waals surface area contributed by atoms with Crippen molar-refractivity contribution in [2.45, 2.75) is 13.8 Å². The predicted octanol–water partition coefficient (Wildman–Crippen LogP) is 1.24. The molecule has 8 heteroatoms. The van der Waals surface area contributed by atoms with Crippen molar-refractivity contribution in [1.29, 1.82) is 0 Å². The van der Waals surface area contributed by atoms with Crippen LogP contribution in [0.5, 0.6) is 0 Å². The maximum absolute atomic E-state index is 12.1. The molecule has 124 valence electrons. The molecule has 0 unspecified atom stereocenters. The number of anilines is 1. The zero-order chi connectivity index (χ0) is 16.9. The number of likely N-dealkylation sites (N-methyl/N-ethyl adjacent to an activating group) is 1. The predicted molar refractivity (Wildman–Crippen MR) is 89.4 cm³/mol. The maximum atomic E-state index is 12.1. The number of nitrogens with zero attached hydrogens (tertiary/aromatic N) is 4. The van der Waals surface area contributed by atoms with Crippen LogP contribution in [-0.2, 0) is 4.79 Å². The zero-order valence-corrected chi connectivity index (χ0v) is 15.0. The third-order valence-electron chi connectivity index (χ3n) is 3.08. The Balaban J connectivity index is 2.67. The molecule has 0 aliphatic heterocycles. The Labute approximate surface area is 135 Å². The van der Waals surface area contributed by atoms with Crippen LogP contribution in [0.3, 0.4) is 0 Å². The molecule has 1 aromatic rings. The number of hydrogen-bond acceptors (Lipinski definition) is 5. The third-order valence-corrected chi connectivity index (χ3v) is 4.07. The molecule has 0 aliphatic rings. The second-order valence-corrected chi connectivity index (χ2v) is 6.81. The topological polar surface area (TPSA) is 68.8 Å². The quantitative estimate of drug-likeness (QED) is 0.854. The van der Waals surface area contributed by atoms with E-state index in [-0.39, 0.29) is 18.5 Å². The molecule has 1 aromatic heterocycles. The molecule has 1 rings (SSSR count). The van der Waals surface area contributed by atoms with Crippen molar-refractivity contribution in [2.75, 3.05) is 53.1 Å². The van der Waals surface area contributed by atoms with Crippen LogP contribution in [0.4, 0.5) is 9.93 Å². The van der Waals surface area contributed by atoms with Gasteiger partial charge in [-0.05, 0) is 27.9 Å². The molecule has 0 fully saturated rings. The minimum absolute atomic E-state index is 0.0164. The molecular formula is C14H25N5O2S. The number of carbonyl (C=O) groups is 2. The number of amides is 3. The summed E-state index contributed by atoms with van der Waals surface area (Å²) in [6, 6.07) is -0.177. The van der Waals surface area contributed by atoms with Gasteiger partial charge in [0, 0.05) is 32.1 Å². The smallest absolute Gasteiger partial charge is 0.319 e. The van der Waals surface area contributed by atoms with Crippen LogP contribution in [0.1, 0.15) is 10.6 Å². The summed E-state index contributed by atoms with van der Waals surface area (Å²) >= 11 is 1.44. The van der Waals surface area contributed by atoms with Crippen LogP contribution in [0.25, 0.3) is 0 Å². The molecule has 3 amide bonds. The van der Waals surface area contributed by atoms with E-state index in [1.165, 1.54) is 21.1 Å². The van der Waals surface area contributed by atoms with Crippen LogP contribution in [0.15, 0.2) is 0 Å². The summed E-state index contributed by atoms with van der Waals surface area (Å²) in [5.41, 5.74) is 0.911. The molecule has 0 bridgehead atoms. The minimum Gasteiger partial charge on any atom is -0.331 e. The van der Waals surface area contributed by atoms with E-state index in [0.29, 0.717) is 18.2 Å². The standard InChI is InChI=1S/C14H25N5O2S/c1-10-11(2)22-13(15-10)16-12(20)9-19(8-7-17(3)4)14(21)18(5)6/h7-9H2,1-6H3,(H,15,16,20). The van der Waals surface area contributed by atoms with Crippen molar-refractivity contribution in [3.05, 3.63) is 10.6 Å². The average molecular weight is 327 g/mol. The fraction of sp³-hybridized carbons (Fsp3) is 0.643. The fourth-order valence-corrected chi connectivity index (χ4v) is 2.54. The van der Waals surface area contributed by atoms with E-state index < -0.39 is 0 Å². The van der Waals surface area contributed by atoms with Crippen molar-refractivity contribution >= 4 is 28.4 Å². The second-order valence-electron chi connectivity index (χ2n) is 5.61. The van der Waals surface area contributed by atoms with Crippen molar-refractivity contribution in [3.8, 4) is 0 Å². The van der Waals surface area contributed by atoms with E-state index >= 15 is 0 Å². The van der Waals surface area contributed by atoms with Gasteiger partial charge in [0.15, 0.2) is 5.13 Å². The van der Waals surface area contributed by atoms with Crippen LogP contribution in [-0.4, -0.2) is 79.4 Å². The van der Waals surface area contributed by atoms with Gasteiger partial charge in [-0.2, -0.15) is 0 Å². The highest BCUT2D eigenvalue weighted by molar-refractivity contribution is 7.15. The lowest BCUT2D eigenvalue weighted by Gasteiger charge is -2.26. The van der Waals surface area contributed by atoms with Crippen LogP contribution in [0.2, 0.25) is 0 Å². The lowest BCUT2D eigenvalue weighted by molar-refractivity contribution is -0.116. The molecule has 1 heterocycles. The van der Waals surface area contributed by atoms with E-state index in [4.69, 9.17) is 0 Å². The van der Waals surface area contributed by atoms with Gasteiger partial charge in [0.2, 0.25) is 5.91 Å². The van der Waals surface area contributed by atoms with Crippen molar-refractivity contribution < 1.29 is 9.59 Å². The molecule has 22 heavy (non-hydrogen) atoms. The van der Waals surface area contributed by atoms with Crippen molar-refractivity contribution in [3.63, 3.8) is 0 Å². The molecule has 7 nitrogen and oxygen atoms in total. The molecule has 0 saturated heterocycles. The first-order chi connectivity index (χ1) is 10.2. The summed E-state index contributed by atoms with van der Waals surface area (Å²) in [5, 5.41) is 3.33. The molecule has 0 saturated carbocycles. The third kappa shape index (κ3) is 5.61. The van der Waals surface area contributed by atoms with E-state index in [2.05, 4.69) is 10.3 Å². The molecule has 1 N–H and O–H groups in total. The highest BCUT2D eigenvalue weighted by Crippen LogP contribution is 2.20. The number of aromatic nitrogens is 1. The summed E-state index contributed by atoms with van der Waals surface area (Å²) in [6.45, 7) is 5.07. The summed E-state index contributed by atoms with van der Waals surface area (Å²) in [5.74, 6) is -0.234. The number of nitrogens with one attached hydrogen (secondary N) is 1. The first-order valence-corrected chi connectivity index (χ1v) is 7.87. The number of aryl methyl sites for hydroxylation is 2. The number of thiazole rings is 1. The Hall–Kier alpha value is -1.67. The Morgan fingerprint density at radius 2 is 1.77 bits per heavy atom. The number of urea groups is 1. The van der Waals surface area contributed by atoms with Gasteiger partial charge >= 0.3 is 6.03 Å². The number of rotatable bonds is 6. The SMILES string of the molecule is Cc1nc(NC(=O)CN(CCN(C)C)C(=O)N(C)C)sc1C. The Kier molecular flexibility index (Phi) is 6.76. The summed E-state index contributed by atoms with van der Waals surface area (Å²) in [6.07, 6.45) is 0. The van der Waals surface area contributed by atoms with Crippen LogP contribution < -0.4 is 5.32 Å². The van der Waals surface area contributed by atoms with E-state index in [9.17, 15) is 9.59 Å². The van der Waals surface area contributed by atoms with Crippen LogP contribution >= 0.6 is 11.3 Å². The Morgan fingerprint density at radius 3 is 2.23 bits per heavy atom. The lowest BCUT2D eigenvalue weighted by Crippen LogP contribution is -2.46. The summed E-state index contributed by atoms with van der Waals surface area (Å²) < 4.78 is 0. The van der Waals surface area contributed by atoms with Crippen molar-refractivity contribution in [2.24, 2.45) is 0 Å². The molecule has 0 atom stereocenters. The van der Waals surface area contributed by atoms with Gasteiger partial charge in [0.05, 0.1) is 5.69 Å². The van der Waals surface area contributed by atoms with Gasteiger partial charge in [0.25, 0.3) is 0 Å². The van der Waals surface area contributed by atoms with Gasteiger partial charge in [-0.15, -0.1) is 11.3 Å². The van der Waals surface area contributed by atoms with E-state index in [0.717, 1.165) is 10.6 Å². The van der Waals surface area contributed by atoms with E-state index in [1.54, 1.807) is 14.1 Å². The fourth-order valence-electron chi connectivity index (χ4n) is 1.70. The largest absolute Gasteiger partial charge is 0.331 e. The first-order valence-electron chi connectivity index (χ1n) is 7.05. The van der Waals surface area contributed by atoms with Crippen molar-refractivity contribution in [1.82, 2.24) is 19.7 Å². The molecular weight excluding hydrogens is 302 g/mol. The van der Waals surface area contributed by atoms with Gasteiger partial charge < -0.3 is 20.0 Å². The van der Waals surface area contributed by atoms with Crippen LogP contribution in [0, 0.1) is 13.8 Å². The highest BCUT2D eigenvalue weighted by Gasteiger charge is 2.19. The molecule has 0 aromatic carbocycles. The maximum Gasteiger partial charge on any atom is 0.319 e. The van der Waals surface area contributed by atoms with E-state index in [1.807, 2.05) is 32.8 Å². The highest BCUT2D eigenvalue weighted by atomic mass is 32.1. The first kappa shape index (κ1) is 18.4. The number of carbonyl (C=O) groups excluding carboxylic acids is 2.